The van der Waals surface area contributed by atoms with Crippen LogP contribution in [0.1, 0.15) is 48.0 Å². The van der Waals surface area contributed by atoms with E-state index >= 15 is 0 Å². The van der Waals surface area contributed by atoms with Crippen LogP contribution >= 0.6 is 11.6 Å². The summed E-state index contributed by atoms with van der Waals surface area (Å²) in [5, 5.41) is 20.1. The Morgan fingerprint density at radius 3 is 2.45 bits per heavy atom. The molecule has 0 aliphatic heterocycles. The third-order valence-corrected chi connectivity index (χ3v) is 3.65. The molecule has 2 N–H and O–H groups in total. The molecule has 0 spiro atoms. The standard InChI is InChI=1S/C8H8O2.C7H12ClNO/c1-6-2-4-7(5-3-6)8(9)10;8-6-4-2-1-3-5-7(6)9-10/h2-5H,1H3,(H,9,10);6,10H,1-5H2/b;9-7-. The molecule has 1 aromatic rings. The molecule has 1 atom stereocenters. The number of nitrogens with zero attached hydrogens (tertiary/aromatic N) is 1. The highest BCUT2D eigenvalue weighted by molar-refractivity contribution is 6.32. The van der Waals surface area contributed by atoms with Crippen molar-refractivity contribution >= 4 is 23.3 Å². The van der Waals surface area contributed by atoms with Crippen LogP contribution in [-0.4, -0.2) is 27.4 Å². The van der Waals surface area contributed by atoms with Crippen molar-refractivity contribution in [1.82, 2.24) is 0 Å². The van der Waals surface area contributed by atoms with E-state index in [1.807, 2.05) is 6.92 Å². The first kappa shape index (κ1) is 16.5. The lowest BCUT2D eigenvalue weighted by atomic mass is 10.2. The molecule has 20 heavy (non-hydrogen) atoms. The van der Waals surface area contributed by atoms with E-state index in [0.29, 0.717) is 5.56 Å². The Balaban J connectivity index is 0.000000200. The molecule has 110 valence electrons. The summed E-state index contributed by atoms with van der Waals surface area (Å²) in [6.45, 7) is 1.92. The number of aromatic carboxylic acids is 1. The third-order valence-electron chi connectivity index (χ3n) is 3.18. The van der Waals surface area contributed by atoms with E-state index in [-0.39, 0.29) is 5.38 Å². The largest absolute Gasteiger partial charge is 0.478 e. The highest BCUT2D eigenvalue weighted by Gasteiger charge is 2.16. The summed E-state index contributed by atoms with van der Waals surface area (Å²) >= 11 is 5.90. The Hall–Kier alpha value is -1.55. The van der Waals surface area contributed by atoms with Crippen LogP contribution in [0.3, 0.4) is 0 Å². The second kappa shape index (κ2) is 8.59. The number of rotatable bonds is 1. The minimum absolute atomic E-state index is 0.0208. The van der Waals surface area contributed by atoms with E-state index in [2.05, 4.69) is 5.16 Å². The molecule has 1 aliphatic carbocycles. The van der Waals surface area contributed by atoms with Gasteiger partial charge in [-0.15, -0.1) is 11.6 Å². The highest BCUT2D eigenvalue weighted by atomic mass is 35.5. The maximum atomic E-state index is 10.3. The van der Waals surface area contributed by atoms with Crippen molar-refractivity contribution < 1.29 is 15.1 Å². The van der Waals surface area contributed by atoms with Gasteiger partial charge in [0.25, 0.3) is 0 Å². The summed E-state index contributed by atoms with van der Waals surface area (Å²) in [6, 6.07) is 6.75. The van der Waals surface area contributed by atoms with Crippen molar-refractivity contribution in [2.24, 2.45) is 5.16 Å². The lowest BCUT2D eigenvalue weighted by molar-refractivity contribution is 0.0697. The van der Waals surface area contributed by atoms with Gasteiger partial charge in [0.05, 0.1) is 16.7 Å². The molecule has 0 bridgehead atoms. The van der Waals surface area contributed by atoms with Crippen LogP contribution < -0.4 is 0 Å². The summed E-state index contributed by atoms with van der Waals surface area (Å²) in [5.74, 6) is -0.875. The van der Waals surface area contributed by atoms with E-state index in [1.165, 1.54) is 6.42 Å². The van der Waals surface area contributed by atoms with E-state index in [9.17, 15) is 4.79 Å². The van der Waals surface area contributed by atoms with Gasteiger partial charge in [0.1, 0.15) is 0 Å². The number of hydrogen-bond donors (Lipinski definition) is 2. The quantitative estimate of drug-likeness (QED) is 0.355. The third kappa shape index (κ3) is 5.61. The zero-order valence-corrected chi connectivity index (χ0v) is 12.3. The van der Waals surface area contributed by atoms with Crippen LogP contribution in [0.2, 0.25) is 0 Å². The molecule has 1 unspecified atom stereocenters. The van der Waals surface area contributed by atoms with Crippen LogP contribution in [0.25, 0.3) is 0 Å². The molecule has 0 amide bonds. The Morgan fingerprint density at radius 2 is 1.90 bits per heavy atom. The minimum Gasteiger partial charge on any atom is -0.478 e. The van der Waals surface area contributed by atoms with Crippen molar-refractivity contribution in [3.8, 4) is 0 Å². The topological polar surface area (TPSA) is 69.9 Å². The van der Waals surface area contributed by atoms with E-state index in [1.54, 1.807) is 24.3 Å². The number of halogens is 1. The molecule has 0 saturated heterocycles. The fourth-order valence-electron chi connectivity index (χ4n) is 1.94. The maximum Gasteiger partial charge on any atom is 0.335 e. The van der Waals surface area contributed by atoms with Crippen LogP contribution in [0.4, 0.5) is 0 Å². The molecule has 0 aromatic heterocycles. The van der Waals surface area contributed by atoms with Crippen molar-refractivity contribution in [3.63, 3.8) is 0 Å². The molecule has 1 aliphatic rings. The highest BCUT2D eigenvalue weighted by Crippen LogP contribution is 2.19. The Morgan fingerprint density at radius 1 is 1.25 bits per heavy atom. The summed E-state index contributed by atoms with van der Waals surface area (Å²) in [4.78, 5) is 10.3. The van der Waals surface area contributed by atoms with Crippen molar-refractivity contribution in [2.45, 2.75) is 44.4 Å². The maximum absolute atomic E-state index is 10.3. The normalized spacial score (nSPS) is 20.7. The van der Waals surface area contributed by atoms with Crippen molar-refractivity contribution in [3.05, 3.63) is 35.4 Å². The van der Waals surface area contributed by atoms with Crippen LogP contribution in [0, 0.1) is 6.92 Å². The first-order valence-electron chi connectivity index (χ1n) is 6.69. The van der Waals surface area contributed by atoms with E-state index < -0.39 is 5.97 Å². The SMILES string of the molecule is Cc1ccc(C(=O)O)cc1.O/N=C1/CCCCCC1Cl. The van der Waals surface area contributed by atoms with Crippen LogP contribution in [0.5, 0.6) is 0 Å². The minimum atomic E-state index is -0.875. The number of alkyl halides is 1. The smallest absolute Gasteiger partial charge is 0.335 e. The molecule has 2 rings (SSSR count). The molecule has 1 saturated carbocycles. The molecular weight excluding hydrogens is 278 g/mol. The van der Waals surface area contributed by atoms with Crippen molar-refractivity contribution in [1.29, 1.82) is 0 Å². The molecule has 0 radical (unpaired) electrons. The Labute approximate surface area is 124 Å². The Kier molecular flexibility index (Phi) is 7.09. The first-order valence-corrected chi connectivity index (χ1v) is 7.13. The molecule has 1 fully saturated rings. The number of carbonyl (C=O) groups is 1. The Bertz CT molecular complexity index is 457. The van der Waals surface area contributed by atoms with Gasteiger partial charge in [0, 0.05) is 0 Å². The average Bonchev–Trinajstić information content (AvgIpc) is 2.64. The molecule has 1 aromatic carbocycles. The number of oxime groups is 1. The van der Waals surface area contributed by atoms with Gasteiger partial charge in [-0.05, 0) is 38.3 Å². The number of carboxylic acid groups (broad SMARTS) is 1. The second-order valence-corrected chi connectivity index (χ2v) is 5.36. The van der Waals surface area contributed by atoms with Gasteiger partial charge in [0.2, 0.25) is 0 Å². The van der Waals surface area contributed by atoms with Gasteiger partial charge in [-0.25, -0.2) is 4.79 Å². The van der Waals surface area contributed by atoms with Gasteiger partial charge in [0.15, 0.2) is 0 Å². The predicted molar refractivity (Wildman–Crippen MR) is 80.1 cm³/mol. The fourth-order valence-corrected chi connectivity index (χ4v) is 2.25. The van der Waals surface area contributed by atoms with Crippen LogP contribution in [-0.2, 0) is 0 Å². The lowest BCUT2D eigenvalue weighted by Gasteiger charge is -2.04. The van der Waals surface area contributed by atoms with Crippen molar-refractivity contribution in [2.75, 3.05) is 0 Å². The van der Waals surface area contributed by atoms with Crippen LogP contribution in [0.15, 0.2) is 29.4 Å². The number of carboxylic acids is 1. The summed E-state index contributed by atoms with van der Waals surface area (Å²) < 4.78 is 0. The summed E-state index contributed by atoms with van der Waals surface area (Å²) in [6.07, 6.45) is 5.31. The zero-order valence-electron chi connectivity index (χ0n) is 11.6. The lowest BCUT2D eigenvalue weighted by Crippen LogP contribution is -2.11. The number of hydrogen-bond acceptors (Lipinski definition) is 3. The number of aryl methyl sites for hydroxylation is 1. The van der Waals surface area contributed by atoms with Gasteiger partial charge in [-0.2, -0.15) is 0 Å². The van der Waals surface area contributed by atoms with Gasteiger partial charge in [-0.3, -0.25) is 0 Å². The summed E-state index contributed by atoms with van der Waals surface area (Å²) in [7, 11) is 0. The van der Waals surface area contributed by atoms with Gasteiger partial charge < -0.3 is 10.3 Å². The monoisotopic (exact) mass is 297 g/mol. The summed E-state index contributed by atoms with van der Waals surface area (Å²) in [5.41, 5.74) is 2.18. The van der Waals surface area contributed by atoms with E-state index in [4.69, 9.17) is 21.9 Å². The molecular formula is C15H20ClNO3. The number of benzene rings is 1. The van der Waals surface area contributed by atoms with E-state index in [0.717, 1.165) is 37.0 Å². The molecule has 5 heteroatoms. The zero-order chi connectivity index (χ0) is 15.0. The molecule has 4 nitrogen and oxygen atoms in total. The van der Waals surface area contributed by atoms with Gasteiger partial charge in [-0.1, -0.05) is 35.7 Å². The average molecular weight is 298 g/mol. The van der Waals surface area contributed by atoms with Gasteiger partial charge >= 0.3 is 5.97 Å². The molecule has 0 heterocycles. The first-order chi connectivity index (χ1) is 9.54. The predicted octanol–water partition coefficient (Wildman–Crippen LogP) is 4.08. The fraction of sp³-hybridized carbons (Fsp3) is 0.467. The second-order valence-electron chi connectivity index (χ2n) is 4.83.